The average Bonchev–Trinajstić information content (AvgIpc) is 3.24. The van der Waals surface area contributed by atoms with Crippen LogP contribution >= 0.6 is 11.8 Å². The molecule has 0 fully saturated rings. The number of hydrogen-bond donors (Lipinski definition) is 1. The van der Waals surface area contributed by atoms with Gasteiger partial charge in [-0.3, -0.25) is 4.79 Å². The number of carbonyl (C=O) groups is 1. The molecular weight excluding hydrogens is 318 g/mol. The highest BCUT2D eigenvalue weighted by Crippen LogP contribution is 2.23. The summed E-state index contributed by atoms with van der Waals surface area (Å²) < 4.78 is 15.7. The van der Waals surface area contributed by atoms with Gasteiger partial charge in [0.1, 0.15) is 5.75 Å². The van der Waals surface area contributed by atoms with Crippen LogP contribution in [0.25, 0.3) is 11.7 Å². The van der Waals surface area contributed by atoms with Crippen LogP contribution in [0.2, 0.25) is 0 Å². The standard InChI is InChI=1S/C15H13N3O4S/c1-20-11-5-2-4-10(8-11)16-13(19)9-23-15-18-17-14(22-15)12-6-3-7-21-12/h2-8H,9H2,1H3,(H,16,19). The molecule has 0 radical (unpaired) electrons. The Labute approximate surface area is 136 Å². The molecule has 1 N–H and O–H groups in total. The van der Waals surface area contributed by atoms with Crippen molar-refractivity contribution in [1.29, 1.82) is 0 Å². The summed E-state index contributed by atoms with van der Waals surface area (Å²) in [4.78, 5) is 11.9. The number of methoxy groups -OCH3 is 1. The number of thioether (sulfide) groups is 1. The van der Waals surface area contributed by atoms with Crippen LogP contribution in [0.1, 0.15) is 0 Å². The summed E-state index contributed by atoms with van der Waals surface area (Å²) >= 11 is 1.15. The van der Waals surface area contributed by atoms with Gasteiger partial charge in [-0.05, 0) is 24.3 Å². The summed E-state index contributed by atoms with van der Waals surface area (Å²) in [6.07, 6.45) is 1.52. The van der Waals surface area contributed by atoms with Crippen molar-refractivity contribution in [3.8, 4) is 17.4 Å². The van der Waals surface area contributed by atoms with E-state index >= 15 is 0 Å². The van der Waals surface area contributed by atoms with Crippen LogP contribution < -0.4 is 10.1 Å². The summed E-state index contributed by atoms with van der Waals surface area (Å²) in [6.45, 7) is 0. The number of amides is 1. The largest absolute Gasteiger partial charge is 0.497 e. The van der Waals surface area contributed by atoms with Gasteiger partial charge in [-0.1, -0.05) is 17.8 Å². The Balaban J connectivity index is 1.54. The van der Waals surface area contributed by atoms with E-state index in [4.69, 9.17) is 13.6 Å². The third-order valence-electron chi connectivity index (χ3n) is 2.82. The molecule has 0 atom stereocenters. The fraction of sp³-hybridized carbons (Fsp3) is 0.133. The highest BCUT2D eigenvalue weighted by Gasteiger charge is 2.13. The number of nitrogens with one attached hydrogen (secondary N) is 1. The quantitative estimate of drug-likeness (QED) is 0.694. The van der Waals surface area contributed by atoms with Gasteiger partial charge < -0.3 is 18.9 Å². The predicted molar refractivity (Wildman–Crippen MR) is 84.3 cm³/mol. The van der Waals surface area contributed by atoms with E-state index in [1.54, 1.807) is 43.5 Å². The van der Waals surface area contributed by atoms with Crippen LogP contribution in [-0.2, 0) is 4.79 Å². The van der Waals surface area contributed by atoms with Gasteiger partial charge >= 0.3 is 0 Å². The minimum absolute atomic E-state index is 0.150. The molecule has 0 saturated heterocycles. The van der Waals surface area contributed by atoms with E-state index < -0.39 is 0 Å². The lowest BCUT2D eigenvalue weighted by Crippen LogP contribution is -2.13. The number of furan rings is 1. The van der Waals surface area contributed by atoms with E-state index in [0.29, 0.717) is 22.4 Å². The molecule has 7 nitrogen and oxygen atoms in total. The van der Waals surface area contributed by atoms with Crippen LogP contribution in [0.4, 0.5) is 5.69 Å². The molecule has 3 rings (SSSR count). The molecule has 2 heterocycles. The Kier molecular flexibility index (Phi) is 4.62. The lowest BCUT2D eigenvalue weighted by molar-refractivity contribution is -0.113. The molecule has 1 aromatic carbocycles. The van der Waals surface area contributed by atoms with Crippen molar-refractivity contribution in [2.45, 2.75) is 5.22 Å². The van der Waals surface area contributed by atoms with Crippen molar-refractivity contribution in [3.63, 3.8) is 0 Å². The zero-order chi connectivity index (χ0) is 16.1. The first kappa shape index (κ1) is 15.2. The molecule has 8 heteroatoms. The summed E-state index contributed by atoms with van der Waals surface area (Å²) in [5, 5.41) is 10.8. The van der Waals surface area contributed by atoms with Crippen LogP contribution in [0.3, 0.4) is 0 Å². The fourth-order valence-electron chi connectivity index (χ4n) is 1.79. The number of rotatable bonds is 6. The van der Waals surface area contributed by atoms with Crippen molar-refractivity contribution < 1.29 is 18.4 Å². The molecule has 2 aromatic heterocycles. The highest BCUT2D eigenvalue weighted by atomic mass is 32.2. The minimum Gasteiger partial charge on any atom is -0.497 e. The van der Waals surface area contributed by atoms with Gasteiger partial charge in [0, 0.05) is 11.8 Å². The number of aromatic nitrogens is 2. The van der Waals surface area contributed by atoms with Crippen molar-refractivity contribution >= 4 is 23.4 Å². The first-order valence-corrected chi connectivity index (χ1v) is 7.67. The lowest BCUT2D eigenvalue weighted by atomic mass is 10.3. The van der Waals surface area contributed by atoms with Crippen molar-refractivity contribution in [2.75, 3.05) is 18.2 Å². The summed E-state index contributed by atoms with van der Waals surface area (Å²) in [5.74, 6) is 1.42. The molecule has 0 bridgehead atoms. The highest BCUT2D eigenvalue weighted by molar-refractivity contribution is 7.99. The van der Waals surface area contributed by atoms with E-state index in [9.17, 15) is 4.79 Å². The smallest absolute Gasteiger partial charge is 0.284 e. The zero-order valence-electron chi connectivity index (χ0n) is 12.2. The number of anilines is 1. The molecule has 0 aliphatic heterocycles. The van der Waals surface area contributed by atoms with Gasteiger partial charge in [-0.25, -0.2) is 0 Å². The molecule has 118 valence electrons. The van der Waals surface area contributed by atoms with Crippen LogP contribution in [0.5, 0.6) is 5.75 Å². The van der Waals surface area contributed by atoms with E-state index in [-0.39, 0.29) is 17.6 Å². The second-order valence-electron chi connectivity index (χ2n) is 4.42. The third kappa shape index (κ3) is 3.92. The van der Waals surface area contributed by atoms with Gasteiger partial charge in [0.25, 0.3) is 11.1 Å². The lowest BCUT2D eigenvalue weighted by Gasteiger charge is -2.05. The molecule has 1 amide bonds. The SMILES string of the molecule is COc1cccc(NC(=O)CSc2nnc(-c3ccco3)o2)c1. The molecule has 0 unspecified atom stereocenters. The molecule has 3 aromatic rings. The fourth-order valence-corrected chi connectivity index (χ4v) is 2.36. The molecule has 0 aliphatic rings. The topological polar surface area (TPSA) is 90.4 Å². The number of benzene rings is 1. The summed E-state index contributed by atoms with van der Waals surface area (Å²) in [7, 11) is 1.57. The normalized spacial score (nSPS) is 10.5. The zero-order valence-corrected chi connectivity index (χ0v) is 13.0. The number of ether oxygens (including phenoxy) is 1. The summed E-state index contributed by atoms with van der Waals surface area (Å²) in [6, 6.07) is 10.6. The van der Waals surface area contributed by atoms with Gasteiger partial charge in [-0.2, -0.15) is 0 Å². The monoisotopic (exact) mass is 331 g/mol. The minimum atomic E-state index is -0.180. The molecule has 0 aliphatic carbocycles. The average molecular weight is 331 g/mol. The maximum Gasteiger partial charge on any atom is 0.284 e. The Morgan fingerprint density at radius 2 is 2.22 bits per heavy atom. The van der Waals surface area contributed by atoms with Gasteiger partial charge in [0.05, 0.1) is 19.1 Å². The van der Waals surface area contributed by atoms with E-state index in [2.05, 4.69) is 15.5 Å². The van der Waals surface area contributed by atoms with E-state index in [0.717, 1.165) is 11.8 Å². The number of hydrogen-bond acceptors (Lipinski definition) is 7. The van der Waals surface area contributed by atoms with Gasteiger partial charge in [0.2, 0.25) is 5.91 Å². The molecule has 0 saturated carbocycles. The Morgan fingerprint density at radius 1 is 1.30 bits per heavy atom. The van der Waals surface area contributed by atoms with Gasteiger partial charge in [0.15, 0.2) is 5.76 Å². The van der Waals surface area contributed by atoms with Gasteiger partial charge in [-0.15, -0.1) is 10.2 Å². The molecule has 0 spiro atoms. The Morgan fingerprint density at radius 3 is 3.00 bits per heavy atom. The Bertz CT molecular complexity index is 786. The molecule has 23 heavy (non-hydrogen) atoms. The van der Waals surface area contributed by atoms with Crippen LogP contribution in [0.15, 0.2) is 56.7 Å². The van der Waals surface area contributed by atoms with Crippen molar-refractivity contribution in [2.24, 2.45) is 0 Å². The first-order valence-electron chi connectivity index (χ1n) is 6.68. The maximum atomic E-state index is 11.9. The van der Waals surface area contributed by atoms with Crippen LogP contribution in [0, 0.1) is 0 Å². The Hall–Kier alpha value is -2.74. The first-order chi connectivity index (χ1) is 11.2. The second-order valence-corrected chi connectivity index (χ2v) is 5.35. The predicted octanol–water partition coefficient (Wildman–Crippen LogP) is 3.07. The van der Waals surface area contributed by atoms with Crippen molar-refractivity contribution in [1.82, 2.24) is 10.2 Å². The third-order valence-corrected chi connectivity index (χ3v) is 3.64. The van der Waals surface area contributed by atoms with Crippen LogP contribution in [-0.4, -0.2) is 29.0 Å². The summed E-state index contributed by atoms with van der Waals surface area (Å²) in [5.41, 5.74) is 0.664. The molecular formula is C15H13N3O4S. The second kappa shape index (κ2) is 7.01. The number of nitrogens with zero attached hydrogens (tertiary/aromatic N) is 2. The maximum absolute atomic E-state index is 11.9. The number of carbonyl (C=O) groups excluding carboxylic acids is 1. The van der Waals surface area contributed by atoms with E-state index in [1.165, 1.54) is 6.26 Å². The van der Waals surface area contributed by atoms with Crippen molar-refractivity contribution in [3.05, 3.63) is 42.7 Å². The van der Waals surface area contributed by atoms with E-state index in [1.807, 2.05) is 0 Å².